The summed E-state index contributed by atoms with van der Waals surface area (Å²) in [6.45, 7) is 7.60. The Balaban J connectivity index is 0.000000270. The van der Waals surface area contributed by atoms with Crippen LogP contribution in [0, 0.1) is 13.8 Å². The van der Waals surface area contributed by atoms with Gasteiger partial charge in [0.15, 0.2) is 5.13 Å². The minimum Gasteiger partial charge on any atom is -0.375 e. The summed E-state index contributed by atoms with van der Waals surface area (Å²) in [6.07, 6.45) is 4.01. The van der Waals surface area contributed by atoms with Gasteiger partial charge in [0.2, 0.25) is 0 Å². The van der Waals surface area contributed by atoms with Crippen molar-refractivity contribution in [3.8, 4) is 11.3 Å². The Kier molecular flexibility index (Phi) is 8.01. The van der Waals surface area contributed by atoms with Gasteiger partial charge in [-0.05, 0) is 51.1 Å². The summed E-state index contributed by atoms with van der Waals surface area (Å²) in [6, 6.07) is 6.33. The largest absolute Gasteiger partial charge is 0.375 e. The molecule has 1 aromatic carbocycles. The van der Waals surface area contributed by atoms with Gasteiger partial charge in [-0.1, -0.05) is 31.9 Å². The number of unbranched alkanes of at least 4 members (excludes halogenated alkanes) is 2. The van der Waals surface area contributed by atoms with E-state index in [2.05, 4.69) is 49.3 Å². The maximum Gasteiger partial charge on any atom is 0.180 e. The van der Waals surface area contributed by atoms with Crippen LogP contribution in [-0.2, 0) is 0 Å². The van der Waals surface area contributed by atoms with Gasteiger partial charge in [0.1, 0.15) is 0 Å². The molecule has 3 nitrogen and oxygen atoms in total. The summed E-state index contributed by atoms with van der Waals surface area (Å²) < 4.78 is 0. The quantitative estimate of drug-likeness (QED) is 0.805. The fraction of sp³-hybridized carbons (Fsp3) is 0.471. The fourth-order valence-corrected chi connectivity index (χ4v) is 2.44. The fourth-order valence-electron chi connectivity index (χ4n) is 1.87. The van der Waals surface area contributed by atoms with Crippen LogP contribution in [0.25, 0.3) is 11.3 Å². The number of nitrogens with one attached hydrogen (secondary N) is 1. The second-order valence-corrected chi connectivity index (χ2v) is 6.07. The van der Waals surface area contributed by atoms with Crippen LogP contribution in [0.3, 0.4) is 0 Å². The van der Waals surface area contributed by atoms with E-state index in [0.717, 1.165) is 11.3 Å². The summed E-state index contributed by atoms with van der Waals surface area (Å²) in [5, 5.41) is 5.71. The molecule has 0 unspecified atom stereocenters. The van der Waals surface area contributed by atoms with Crippen LogP contribution in [0.4, 0.5) is 5.13 Å². The molecule has 0 spiro atoms. The van der Waals surface area contributed by atoms with Gasteiger partial charge in [-0.3, -0.25) is 0 Å². The first-order valence-corrected chi connectivity index (χ1v) is 8.39. The molecular weight excluding hydrogens is 278 g/mol. The first kappa shape index (κ1) is 17.7. The van der Waals surface area contributed by atoms with E-state index >= 15 is 0 Å². The molecule has 3 N–H and O–H groups in total. The number of benzene rings is 1. The zero-order valence-electron chi connectivity index (χ0n) is 13.6. The van der Waals surface area contributed by atoms with Crippen molar-refractivity contribution >= 4 is 16.5 Å². The molecule has 21 heavy (non-hydrogen) atoms. The Morgan fingerprint density at radius 2 is 1.95 bits per heavy atom. The molecule has 1 aromatic heterocycles. The SMILES string of the molecule is CCCCCNC.Cc1ccc(-c2csc(N)n2)cc1C. The van der Waals surface area contributed by atoms with Gasteiger partial charge in [0.05, 0.1) is 5.69 Å². The Morgan fingerprint density at radius 1 is 1.19 bits per heavy atom. The van der Waals surface area contributed by atoms with Crippen LogP contribution in [0.5, 0.6) is 0 Å². The molecule has 0 aliphatic rings. The lowest BCUT2D eigenvalue weighted by molar-refractivity contribution is 0.667. The van der Waals surface area contributed by atoms with Crippen molar-refractivity contribution in [1.29, 1.82) is 0 Å². The minimum atomic E-state index is 0.623. The predicted molar refractivity (Wildman–Crippen MR) is 94.9 cm³/mol. The van der Waals surface area contributed by atoms with E-state index in [4.69, 9.17) is 5.73 Å². The second-order valence-electron chi connectivity index (χ2n) is 5.18. The summed E-state index contributed by atoms with van der Waals surface area (Å²) in [7, 11) is 2.00. The molecule has 0 saturated heterocycles. The summed E-state index contributed by atoms with van der Waals surface area (Å²) in [4.78, 5) is 4.25. The van der Waals surface area contributed by atoms with Crippen molar-refractivity contribution in [2.45, 2.75) is 40.0 Å². The van der Waals surface area contributed by atoms with E-state index in [1.165, 1.54) is 48.3 Å². The molecule has 1 heterocycles. The molecule has 4 heteroatoms. The smallest absolute Gasteiger partial charge is 0.180 e. The van der Waals surface area contributed by atoms with E-state index in [1.807, 2.05) is 12.4 Å². The molecule has 0 fully saturated rings. The molecule has 0 aliphatic carbocycles. The minimum absolute atomic E-state index is 0.623. The molecule has 0 atom stereocenters. The van der Waals surface area contributed by atoms with Crippen molar-refractivity contribution in [3.63, 3.8) is 0 Å². The summed E-state index contributed by atoms with van der Waals surface area (Å²) in [5.41, 5.74) is 10.3. The third-order valence-electron chi connectivity index (χ3n) is 3.35. The Morgan fingerprint density at radius 3 is 2.48 bits per heavy atom. The van der Waals surface area contributed by atoms with Gasteiger partial charge >= 0.3 is 0 Å². The highest BCUT2D eigenvalue weighted by molar-refractivity contribution is 7.13. The van der Waals surface area contributed by atoms with E-state index in [9.17, 15) is 0 Å². The van der Waals surface area contributed by atoms with Crippen molar-refractivity contribution in [1.82, 2.24) is 10.3 Å². The predicted octanol–water partition coefficient (Wildman–Crippen LogP) is 4.41. The van der Waals surface area contributed by atoms with Crippen LogP contribution in [-0.4, -0.2) is 18.6 Å². The third-order valence-corrected chi connectivity index (χ3v) is 4.03. The third kappa shape index (κ3) is 6.27. The Hall–Kier alpha value is -1.39. The highest BCUT2D eigenvalue weighted by Gasteiger charge is 2.03. The summed E-state index contributed by atoms with van der Waals surface area (Å²) >= 11 is 1.48. The maximum absolute atomic E-state index is 5.59. The van der Waals surface area contributed by atoms with Gasteiger partial charge in [-0.2, -0.15) is 0 Å². The number of aromatic nitrogens is 1. The number of rotatable bonds is 5. The van der Waals surface area contributed by atoms with Crippen molar-refractivity contribution in [3.05, 3.63) is 34.7 Å². The van der Waals surface area contributed by atoms with Crippen molar-refractivity contribution < 1.29 is 0 Å². The number of hydrogen-bond donors (Lipinski definition) is 2. The zero-order valence-corrected chi connectivity index (χ0v) is 14.4. The van der Waals surface area contributed by atoms with Crippen LogP contribution >= 0.6 is 11.3 Å². The van der Waals surface area contributed by atoms with Crippen LogP contribution in [0.1, 0.15) is 37.3 Å². The Labute approximate surface area is 132 Å². The number of thiazole rings is 1. The number of nitrogen functional groups attached to an aromatic ring is 1. The lowest BCUT2D eigenvalue weighted by Gasteiger charge is -2.01. The number of nitrogens with zero attached hydrogens (tertiary/aromatic N) is 1. The topological polar surface area (TPSA) is 50.9 Å². The van der Waals surface area contributed by atoms with Gasteiger partial charge < -0.3 is 11.1 Å². The number of hydrogen-bond acceptors (Lipinski definition) is 4. The van der Waals surface area contributed by atoms with Crippen LogP contribution < -0.4 is 11.1 Å². The average Bonchev–Trinajstić information content (AvgIpc) is 2.90. The van der Waals surface area contributed by atoms with Crippen molar-refractivity contribution in [2.24, 2.45) is 0 Å². The number of nitrogens with two attached hydrogens (primary N) is 1. The van der Waals surface area contributed by atoms with Crippen LogP contribution in [0.15, 0.2) is 23.6 Å². The van der Waals surface area contributed by atoms with Crippen molar-refractivity contribution in [2.75, 3.05) is 19.3 Å². The Bertz CT molecular complexity index is 531. The monoisotopic (exact) mass is 305 g/mol. The maximum atomic E-state index is 5.59. The lowest BCUT2D eigenvalue weighted by Crippen LogP contribution is -2.06. The van der Waals surface area contributed by atoms with Gasteiger partial charge in [-0.15, -0.1) is 11.3 Å². The summed E-state index contributed by atoms with van der Waals surface area (Å²) in [5.74, 6) is 0. The molecule has 0 radical (unpaired) electrons. The molecule has 2 aromatic rings. The molecule has 0 amide bonds. The standard InChI is InChI=1S/C11H12N2S.C6H15N/c1-7-3-4-9(5-8(7)2)10-6-14-11(12)13-10;1-3-4-5-6-7-2/h3-6H,1-2H3,(H2,12,13);7H,3-6H2,1-2H3. The van der Waals surface area contributed by atoms with E-state index in [1.54, 1.807) is 0 Å². The molecule has 0 aliphatic heterocycles. The molecule has 116 valence electrons. The molecular formula is C17H27N3S. The van der Waals surface area contributed by atoms with Crippen LogP contribution in [0.2, 0.25) is 0 Å². The molecule has 0 bridgehead atoms. The van der Waals surface area contributed by atoms with E-state index < -0.39 is 0 Å². The average molecular weight is 305 g/mol. The second kappa shape index (κ2) is 9.53. The lowest BCUT2D eigenvalue weighted by atomic mass is 10.1. The van der Waals surface area contributed by atoms with E-state index in [0.29, 0.717) is 5.13 Å². The highest BCUT2D eigenvalue weighted by atomic mass is 32.1. The van der Waals surface area contributed by atoms with Gasteiger partial charge in [0.25, 0.3) is 0 Å². The number of anilines is 1. The molecule has 0 saturated carbocycles. The van der Waals surface area contributed by atoms with E-state index in [-0.39, 0.29) is 0 Å². The first-order chi connectivity index (χ1) is 10.1. The highest BCUT2D eigenvalue weighted by Crippen LogP contribution is 2.24. The number of aryl methyl sites for hydroxylation is 2. The van der Waals surface area contributed by atoms with Gasteiger partial charge in [-0.25, -0.2) is 4.98 Å². The first-order valence-electron chi connectivity index (χ1n) is 7.51. The molecule has 2 rings (SSSR count). The zero-order chi connectivity index (χ0) is 15.7. The van der Waals surface area contributed by atoms with Gasteiger partial charge in [0, 0.05) is 10.9 Å². The normalized spacial score (nSPS) is 10.1.